The van der Waals surface area contributed by atoms with Crippen LogP contribution in [-0.4, -0.2) is 52.1 Å². The summed E-state index contributed by atoms with van der Waals surface area (Å²) in [6.07, 6.45) is 13.3. The van der Waals surface area contributed by atoms with Crippen LogP contribution in [0.5, 0.6) is 0 Å². The van der Waals surface area contributed by atoms with Gasteiger partial charge in [0.25, 0.3) is 0 Å². The number of anilines is 1. The van der Waals surface area contributed by atoms with Crippen LogP contribution in [0.4, 0.5) is 14.6 Å². The Bertz CT molecular complexity index is 1040. The molecule has 2 fully saturated rings. The Labute approximate surface area is 206 Å². The molecule has 1 saturated heterocycles. The second-order valence-corrected chi connectivity index (χ2v) is 10.7. The fourth-order valence-electron chi connectivity index (χ4n) is 6.09. The predicted molar refractivity (Wildman–Crippen MR) is 132 cm³/mol. The van der Waals surface area contributed by atoms with E-state index in [0.29, 0.717) is 30.6 Å². The molecule has 0 spiro atoms. The molecule has 0 bridgehead atoms. The van der Waals surface area contributed by atoms with E-state index in [2.05, 4.69) is 25.1 Å². The first kappa shape index (κ1) is 24.4. The molecule has 6 nitrogen and oxygen atoms in total. The van der Waals surface area contributed by atoms with E-state index in [-0.39, 0.29) is 23.5 Å². The van der Waals surface area contributed by atoms with Gasteiger partial charge in [-0.3, -0.25) is 4.79 Å². The zero-order valence-corrected chi connectivity index (χ0v) is 20.7. The van der Waals surface area contributed by atoms with E-state index in [9.17, 15) is 13.6 Å². The molecule has 1 saturated carbocycles. The number of fused-ring (bicyclic) bond motifs is 1. The third kappa shape index (κ3) is 5.28. The lowest BCUT2D eigenvalue weighted by atomic mass is 9.76. The zero-order valence-electron chi connectivity index (χ0n) is 20.7. The van der Waals surface area contributed by atoms with Crippen LogP contribution in [0.3, 0.4) is 0 Å². The largest absolute Gasteiger partial charge is 0.328 e. The number of likely N-dealkylation sites (tertiary alicyclic amines) is 1. The van der Waals surface area contributed by atoms with Crippen molar-refractivity contribution < 1.29 is 13.6 Å². The molecule has 3 aliphatic rings. The van der Waals surface area contributed by atoms with Crippen LogP contribution in [0.1, 0.15) is 69.4 Å². The van der Waals surface area contributed by atoms with Crippen molar-refractivity contribution in [2.75, 3.05) is 25.0 Å². The quantitative estimate of drug-likeness (QED) is 0.553. The van der Waals surface area contributed by atoms with Gasteiger partial charge >= 0.3 is 0 Å². The summed E-state index contributed by atoms with van der Waals surface area (Å²) >= 11 is 0. The molecule has 0 radical (unpaired) electrons. The molecule has 190 valence electrons. The summed E-state index contributed by atoms with van der Waals surface area (Å²) in [7, 11) is 0. The molecule has 8 heteroatoms. The first-order chi connectivity index (χ1) is 17.0. The molecule has 2 heterocycles. The number of carbonyl (C=O) groups is 1. The fourth-order valence-corrected chi connectivity index (χ4v) is 6.09. The van der Waals surface area contributed by atoms with Crippen LogP contribution < -0.4 is 10.6 Å². The predicted octanol–water partition coefficient (Wildman–Crippen LogP) is 4.39. The Morgan fingerprint density at radius 1 is 1.23 bits per heavy atom. The number of rotatable bonds is 9. The molecule has 5 rings (SSSR count). The number of imidazole rings is 1. The highest BCUT2D eigenvalue weighted by atomic mass is 19.1. The maximum Gasteiger partial charge on any atom is 0.242 e. The number of hydrogen-bond donors (Lipinski definition) is 2. The van der Waals surface area contributed by atoms with E-state index in [1.165, 1.54) is 38.4 Å². The van der Waals surface area contributed by atoms with Gasteiger partial charge < -0.3 is 20.1 Å². The number of carbonyl (C=O) groups excluding carboxylic acids is 1. The molecule has 1 aromatic carbocycles. The highest BCUT2D eigenvalue weighted by Crippen LogP contribution is 2.41. The van der Waals surface area contributed by atoms with Gasteiger partial charge in [0, 0.05) is 24.8 Å². The molecule has 2 aliphatic carbocycles. The van der Waals surface area contributed by atoms with Gasteiger partial charge in [-0.15, -0.1) is 0 Å². The maximum absolute atomic E-state index is 14.3. The molecular formula is C27H37F2N5O. The summed E-state index contributed by atoms with van der Waals surface area (Å²) in [6, 6.07) is 1.97. The number of nitrogens with zero attached hydrogens (tertiary/aromatic N) is 3. The van der Waals surface area contributed by atoms with Crippen molar-refractivity contribution >= 4 is 11.7 Å². The smallest absolute Gasteiger partial charge is 0.242 e. The van der Waals surface area contributed by atoms with Crippen LogP contribution in [0.2, 0.25) is 0 Å². The Balaban J connectivity index is 1.22. The van der Waals surface area contributed by atoms with E-state index in [1.807, 2.05) is 19.4 Å². The van der Waals surface area contributed by atoms with Crippen LogP contribution in [0.15, 0.2) is 24.7 Å². The number of amides is 1. The van der Waals surface area contributed by atoms with Crippen molar-refractivity contribution in [2.24, 2.45) is 0 Å². The Kier molecular flexibility index (Phi) is 7.21. The zero-order chi connectivity index (χ0) is 24.4. The second kappa shape index (κ2) is 10.3. The van der Waals surface area contributed by atoms with Crippen molar-refractivity contribution in [1.29, 1.82) is 0 Å². The van der Waals surface area contributed by atoms with Gasteiger partial charge in [0.15, 0.2) is 5.82 Å². The molecule has 1 amide bonds. The summed E-state index contributed by atoms with van der Waals surface area (Å²) in [5, 5.41) is 6.47. The van der Waals surface area contributed by atoms with Gasteiger partial charge in [0.05, 0.1) is 17.9 Å². The number of halogens is 2. The Morgan fingerprint density at radius 3 is 2.74 bits per heavy atom. The molecule has 2 N–H and O–H groups in total. The molecule has 2 atom stereocenters. The van der Waals surface area contributed by atoms with Gasteiger partial charge in [0.2, 0.25) is 5.91 Å². The SMILES string of the molecule is CCC[C@H](N[C@H]1CCc2cc(F)cc(F)c2C1)C(=O)Nc1cn(C2(CN3CCCC3)CCC2)cn1. The van der Waals surface area contributed by atoms with E-state index in [4.69, 9.17) is 0 Å². The van der Waals surface area contributed by atoms with Crippen LogP contribution >= 0.6 is 0 Å². The van der Waals surface area contributed by atoms with Gasteiger partial charge in [-0.25, -0.2) is 13.8 Å². The van der Waals surface area contributed by atoms with Gasteiger partial charge in [-0.05, 0) is 88.1 Å². The normalized spacial score (nSPS) is 22.4. The van der Waals surface area contributed by atoms with Crippen molar-refractivity contribution in [1.82, 2.24) is 19.8 Å². The monoisotopic (exact) mass is 485 g/mol. The fraction of sp³-hybridized carbons (Fsp3) is 0.630. The summed E-state index contributed by atoms with van der Waals surface area (Å²) in [6.45, 7) is 5.46. The lowest BCUT2D eigenvalue weighted by molar-refractivity contribution is -0.118. The molecule has 2 aromatic rings. The lowest BCUT2D eigenvalue weighted by Gasteiger charge is -2.45. The second-order valence-electron chi connectivity index (χ2n) is 10.7. The van der Waals surface area contributed by atoms with Crippen molar-refractivity contribution in [2.45, 2.75) is 88.8 Å². The van der Waals surface area contributed by atoms with E-state index in [0.717, 1.165) is 43.9 Å². The topological polar surface area (TPSA) is 62.2 Å². The van der Waals surface area contributed by atoms with Crippen LogP contribution in [0.25, 0.3) is 0 Å². The Hall–Kier alpha value is -2.32. The number of aryl methyl sites for hydroxylation is 1. The molecule has 0 unspecified atom stereocenters. The van der Waals surface area contributed by atoms with Gasteiger partial charge in [0.1, 0.15) is 11.6 Å². The summed E-state index contributed by atoms with van der Waals surface area (Å²) < 4.78 is 30.1. The highest BCUT2D eigenvalue weighted by Gasteiger charge is 2.40. The molecule has 1 aliphatic heterocycles. The summed E-state index contributed by atoms with van der Waals surface area (Å²) in [5.41, 5.74) is 1.40. The first-order valence-corrected chi connectivity index (χ1v) is 13.3. The standard InChI is InChI=1S/C27H37F2N5O/c1-2-6-24(31-21-8-7-19-13-20(28)14-23(29)22(19)15-21)26(35)32-25-16-34(18-30-25)27(9-5-10-27)17-33-11-3-4-12-33/h13-14,16,18,21,24,31H,2-12,15,17H2,1H3,(H,32,35)/t21-,24-/m0/s1. The Morgan fingerprint density at radius 2 is 2.03 bits per heavy atom. The van der Waals surface area contributed by atoms with E-state index < -0.39 is 11.6 Å². The third-order valence-corrected chi connectivity index (χ3v) is 8.18. The third-order valence-electron chi connectivity index (χ3n) is 8.18. The van der Waals surface area contributed by atoms with E-state index >= 15 is 0 Å². The van der Waals surface area contributed by atoms with Gasteiger partial charge in [-0.2, -0.15) is 0 Å². The molecular weight excluding hydrogens is 448 g/mol. The van der Waals surface area contributed by atoms with Crippen LogP contribution in [0, 0.1) is 11.6 Å². The molecule has 35 heavy (non-hydrogen) atoms. The minimum atomic E-state index is -0.528. The minimum Gasteiger partial charge on any atom is -0.328 e. The number of nitrogens with one attached hydrogen (secondary N) is 2. The van der Waals surface area contributed by atoms with Gasteiger partial charge in [-0.1, -0.05) is 13.3 Å². The van der Waals surface area contributed by atoms with Crippen molar-refractivity contribution in [3.63, 3.8) is 0 Å². The van der Waals surface area contributed by atoms with E-state index in [1.54, 1.807) is 0 Å². The number of aromatic nitrogens is 2. The summed E-state index contributed by atoms with van der Waals surface area (Å²) in [4.78, 5) is 20.3. The highest BCUT2D eigenvalue weighted by molar-refractivity contribution is 5.94. The average Bonchev–Trinajstić information content (AvgIpc) is 3.48. The maximum atomic E-state index is 14.3. The first-order valence-electron chi connectivity index (χ1n) is 13.3. The van der Waals surface area contributed by atoms with Crippen molar-refractivity contribution in [3.05, 3.63) is 47.4 Å². The summed E-state index contributed by atoms with van der Waals surface area (Å²) in [5.74, 6) is -0.544. The minimum absolute atomic E-state index is 0.0268. The van der Waals surface area contributed by atoms with Crippen LogP contribution in [-0.2, 0) is 23.2 Å². The average molecular weight is 486 g/mol. The van der Waals surface area contributed by atoms with Crippen molar-refractivity contribution in [3.8, 4) is 0 Å². The lowest BCUT2D eigenvalue weighted by Crippen LogP contribution is -2.49. The number of hydrogen-bond acceptors (Lipinski definition) is 4. The molecule has 1 aromatic heterocycles. The number of benzene rings is 1.